The van der Waals surface area contributed by atoms with Crippen molar-refractivity contribution in [1.82, 2.24) is 5.43 Å². The quantitative estimate of drug-likeness (QED) is 0.491. The smallest absolute Gasteiger partial charge is 0.0579 e. The molecule has 0 radical (unpaired) electrons. The molecule has 0 spiro atoms. The Kier molecular flexibility index (Phi) is 3.72. The molecule has 0 aromatic rings. The van der Waals surface area contributed by atoms with Crippen molar-refractivity contribution in [2.75, 3.05) is 0 Å². The van der Waals surface area contributed by atoms with Crippen LogP contribution in [0.1, 0.15) is 41.5 Å². The first-order valence-corrected chi connectivity index (χ1v) is 5.29. The first-order chi connectivity index (χ1) is 5.13. The Hall–Kier alpha value is -0.0900. The molecular formula is C8H20N2OS. The highest BCUT2D eigenvalue weighted by atomic mass is 32.2. The largest absolute Gasteiger partial charge is 0.251 e. The Morgan fingerprint density at radius 2 is 1.50 bits per heavy atom. The lowest BCUT2D eigenvalue weighted by molar-refractivity contribution is 0.442. The standard InChI is InChI=1S/C8H20N2OS/c1-7(2,3)9-10-12(11)8(4,5)6/h9,12H,1-6H3. The van der Waals surface area contributed by atoms with Crippen molar-refractivity contribution in [3.8, 4) is 0 Å². The Bertz CT molecular complexity index is 216. The number of thiol groups is 1. The number of hydrogen-bond acceptors (Lipinski definition) is 2. The lowest BCUT2D eigenvalue weighted by atomic mass is 10.1. The summed E-state index contributed by atoms with van der Waals surface area (Å²) in [5.74, 6) is 0. The molecule has 1 atom stereocenters. The van der Waals surface area contributed by atoms with Gasteiger partial charge < -0.3 is 0 Å². The summed E-state index contributed by atoms with van der Waals surface area (Å²) in [6.45, 7) is 11.7. The molecule has 4 heteroatoms. The van der Waals surface area contributed by atoms with Gasteiger partial charge in [0.1, 0.15) is 0 Å². The second-order valence-electron chi connectivity index (χ2n) is 4.91. The van der Waals surface area contributed by atoms with Crippen LogP contribution in [0.15, 0.2) is 4.47 Å². The molecule has 0 heterocycles. The van der Waals surface area contributed by atoms with Crippen LogP contribution in [0, 0.1) is 0 Å². The summed E-state index contributed by atoms with van der Waals surface area (Å²) in [5.41, 5.74) is 2.77. The maximum Gasteiger partial charge on any atom is 0.0579 e. The molecule has 0 amide bonds. The molecule has 1 unspecified atom stereocenters. The van der Waals surface area contributed by atoms with E-state index in [1.54, 1.807) is 0 Å². The molecule has 0 aliphatic rings. The van der Waals surface area contributed by atoms with Gasteiger partial charge in [-0.3, -0.25) is 4.21 Å². The molecule has 74 valence electrons. The molecule has 0 rings (SSSR count). The zero-order valence-corrected chi connectivity index (χ0v) is 9.70. The number of hydrogen-bond donors (Lipinski definition) is 2. The van der Waals surface area contributed by atoms with Crippen molar-refractivity contribution in [2.24, 2.45) is 4.47 Å². The van der Waals surface area contributed by atoms with Gasteiger partial charge in [0.2, 0.25) is 0 Å². The maximum absolute atomic E-state index is 11.4. The van der Waals surface area contributed by atoms with E-state index in [2.05, 4.69) is 9.90 Å². The Labute approximate surface area is 77.1 Å². The highest BCUT2D eigenvalue weighted by molar-refractivity contribution is 7.76. The van der Waals surface area contributed by atoms with Gasteiger partial charge in [0, 0.05) is 10.3 Å². The molecule has 0 fully saturated rings. The summed E-state index contributed by atoms with van der Waals surface area (Å²) in [7, 11) is -1.52. The fraction of sp³-hybridized carbons (Fsp3) is 1.00. The second kappa shape index (κ2) is 3.75. The number of nitrogens with one attached hydrogen (secondary N) is 1. The van der Waals surface area contributed by atoms with Crippen molar-refractivity contribution in [3.05, 3.63) is 0 Å². The molecule has 0 saturated heterocycles. The Morgan fingerprint density at radius 3 is 1.75 bits per heavy atom. The first-order valence-electron chi connectivity index (χ1n) is 4.08. The van der Waals surface area contributed by atoms with Gasteiger partial charge in [0.25, 0.3) is 0 Å². The molecule has 3 nitrogen and oxygen atoms in total. The van der Waals surface area contributed by atoms with Crippen LogP contribution in [0.2, 0.25) is 0 Å². The average molecular weight is 192 g/mol. The van der Waals surface area contributed by atoms with Crippen LogP contribution in [0.25, 0.3) is 0 Å². The molecule has 0 saturated carbocycles. The first kappa shape index (κ1) is 11.9. The van der Waals surface area contributed by atoms with Crippen LogP contribution in [0.4, 0.5) is 0 Å². The summed E-state index contributed by atoms with van der Waals surface area (Å²) in [4.78, 5) is 0. The second-order valence-corrected chi connectivity index (χ2v) is 6.99. The minimum atomic E-state index is -1.52. The fourth-order valence-electron chi connectivity index (χ4n) is 0.345. The van der Waals surface area contributed by atoms with Crippen LogP contribution in [0.3, 0.4) is 0 Å². The van der Waals surface area contributed by atoms with E-state index in [0.717, 1.165) is 0 Å². The van der Waals surface area contributed by atoms with Gasteiger partial charge in [-0.25, -0.2) is 5.43 Å². The van der Waals surface area contributed by atoms with Gasteiger partial charge in [0.05, 0.1) is 10.6 Å². The molecular weight excluding hydrogens is 172 g/mol. The van der Waals surface area contributed by atoms with Crippen LogP contribution >= 0.6 is 0 Å². The van der Waals surface area contributed by atoms with Crippen molar-refractivity contribution in [2.45, 2.75) is 51.8 Å². The summed E-state index contributed by atoms with van der Waals surface area (Å²) in [6, 6.07) is 0. The lowest BCUT2D eigenvalue weighted by Crippen LogP contribution is -2.32. The van der Waals surface area contributed by atoms with E-state index in [4.69, 9.17) is 0 Å². The minimum absolute atomic E-state index is 0.101. The third-order valence-electron chi connectivity index (χ3n) is 1.05. The topological polar surface area (TPSA) is 41.5 Å². The van der Waals surface area contributed by atoms with E-state index in [1.165, 1.54) is 0 Å². The van der Waals surface area contributed by atoms with E-state index < -0.39 is 10.6 Å². The highest BCUT2D eigenvalue weighted by Crippen LogP contribution is 2.07. The lowest BCUT2D eigenvalue weighted by Gasteiger charge is -2.18. The molecule has 0 aromatic heterocycles. The summed E-state index contributed by atoms with van der Waals surface area (Å²) in [6.07, 6.45) is 0. The van der Waals surface area contributed by atoms with Gasteiger partial charge in [-0.2, -0.15) is 4.47 Å². The summed E-state index contributed by atoms with van der Waals surface area (Å²) >= 11 is 0. The van der Waals surface area contributed by atoms with E-state index in [-0.39, 0.29) is 10.3 Å². The fourth-order valence-corrected chi connectivity index (χ4v) is 1.04. The third-order valence-corrected chi connectivity index (χ3v) is 2.48. The van der Waals surface area contributed by atoms with E-state index >= 15 is 0 Å². The van der Waals surface area contributed by atoms with Crippen molar-refractivity contribution < 1.29 is 4.21 Å². The highest BCUT2D eigenvalue weighted by Gasteiger charge is 2.13. The molecule has 0 aliphatic heterocycles. The zero-order valence-electron chi connectivity index (χ0n) is 8.80. The van der Waals surface area contributed by atoms with E-state index in [1.807, 2.05) is 41.5 Å². The molecule has 0 bridgehead atoms. The number of rotatable bonds is 1. The normalized spacial score (nSPS) is 16.5. The Balaban J connectivity index is 4.32. The zero-order chi connectivity index (χ0) is 9.99. The third kappa shape index (κ3) is 5.55. The predicted molar refractivity (Wildman–Crippen MR) is 54.6 cm³/mol. The summed E-state index contributed by atoms with van der Waals surface area (Å²) < 4.78 is 15.1. The molecule has 0 aromatic carbocycles. The molecule has 12 heavy (non-hydrogen) atoms. The molecule has 1 N–H and O–H groups in total. The van der Waals surface area contributed by atoms with E-state index in [0.29, 0.717) is 0 Å². The van der Waals surface area contributed by atoms with Crippen LogP contribution < -0.4 is 5.43 Å². The minimum Gasteiger partial charge on any atom is -0.251 e. The summed E-state index contributed by atoms with van der Waals surface area (Å²) in [5, 5.41) is 0. The Morgan fingerprint density at radius 1 is 1.08 bits per heavy atom. The maximum atomic E-state index is 11.4. The van der Waals surface area contributed by atoms with Crippen molar-refractivity contribution in [3.63, 3.8) is 0 Å². The SMILES string of the molecule is CC(C)(C)N/N=[SH](=O)/C(C)(C)C. The van der Waals surface area contributed by atoms with Crippen LogP contribution in [0.5, 0.6) is 0 Å². The van der Waals surface area contributed by atoms with E-state index in [9.17, 15) is 4.21 Å². The van der Waals surface area contributed by atoms with Crippen molar-refractivity contribution >= 4 is 10.6 Å². The van der Waals surface area contributed by atoms with Crippen LogP contribution in [-0.2, 0) is 10.6 Å². The molecule has 0 aliphatic carbocycles. The van der Waals surface area contributed by atoms with Gasteiger partial charge in [-0.1, -0.05) is 0 Å². The van der Waals surface area contributed by atoms with Crippen molar-refractivity contribution in [1.29, 1.82) is 0 Å². The van der Waals surface area contributed by atoms with Gasteiger partial charge in [0.15, 0.2) is 0 Å². The van der Waals surface area contributed by atoms with Crippen LogP contribution in [-0.4, -0.2) is 14.5 Å². The number of nitrogens with zero attached hydrogens (tertiary/aromatic N) is 1. The monoisotopic (exact) mass is 192 g/mol. The van der Waals surface area contributed by atoms with Gasteiger partial charge in [-0.15, -0.1) is 0 Å². The predicted octanol–water partition coefficient (Wildman–Crippen LogP) is 1.75. The van der Waals surface area contributed by atoms with Gasteiger partial charge in [-0.05, 0) is 41.5 Å². The average Bonchev–Trinajstić information content (AvgIpc) is 1.78. The van der Waals surface area contributed by atoms with Gasteiger partial charge >= 0.3 is 0 Å².